The van der Waals surface area contributed by atoms with E-state index in [0.717, 1.165) is 30.2 Å². The minimum atomic E-state index is 0.654. The molecular formula is C13H18N4. The first-order chi connectivity index (χ1) is 8.20. The summed E-state index contributed by atoms with van der Waals surface area (Å²) in [6.07, 6.45) is 3.74. The predicted molar refractivity (Wildman–Crippen MR) is 67.5 cm³/mol. The van der Waals surface area contributed by atoms with Gasteiger partial charge in [-0.15, -0.1) is 0 Å². The van der Waals surface area contributed by atoms with Gasteiger partial charge in [0.25, 0.3) is 0 Å². The Morgan fingerprint density at radius 2 is 2.00 bits per heavy atom. The normalized spacial score (nSPS) is 16.5. The molecule has 0 spiro atoms. The number of pyridine rings is 1. The van der Waals surface area contributed by atoms with Crippen LogP contribution in [-0.4, -0.2) is 23.1 Å². The van der Waals surface area contributed by atoms with Crippen LogP contribution < -0.4 is 5.43 Å². The first-order valence-corrected chi connectivity index (χ1v) is 6.10. The molecule has 0 saturated carbocycles. The lowest BCUT2D eigenvalue weighted by molar-refractivity contribution is 0.273. The summed E-state index contributed by atoms with van der Waals surface area (Å²) in [5.41, 5.74) is 6.64. The summed E-state index contributed by atoms with van der Waals surface area (Å²) in [5, 5.41) is 11.4. The molecule has 0 bridgehead atoms. The van der Waals surface area contributed by atoms with Crippen molar-refractivity contribution in [2.75, 3.05) is 18.5 Å². The number of anilines is 1. The zero-order valence-electron chi connectivity index (χ0n) is 10.5. The van der Waals surface area contributed by atoms with Crippen LogP contribution in [0.1, 0.15) is 36.2 Å². The van der Waals surface area contributed by atoms with Crippen molar-refractivity contribution in [1.29, 1.82) is 5.26 Å². The molecule has 0 aromatic carbocycles. The third kappa shape index (κ3) is 2.75. The Morgan fingerprint density at radius 1 is 1.29 bits per heavy atom. The van der Waals surface area contributed by atoms with Crippen LogP contribution in [0, 0.1) is 25.2 Å². The molecule has 90 valence electrons. The third-order valence-corrected chi connectivity index (χ3v) is 3.07. The fourth-order valence-electron chi connectivity index (χ4n) is 2.23. The molecule has 0 aliphatic carbocycles. The van der Waals surface area contributed by atoms with Crippen LogP contribution in [0.3, 0.4) is 0 Å². The fourth-order valence-corrected chi connectivity index (χ4v) is 2.23. The van der Waals surface area contributed by atoms with E-state index < -0.39 is 0 Å². The first kappa shape index (κ1) is 11.9. The molecule has 4 heteroatoms. The average Bonchev–Trinajstić information content (AvgIpc) is 2.30. The highest BCUT2D eigenvalue weighted by molar-refractivity contribution is 5.59. The Bertz CT molecular complexity index is 441. The molecule has 2 rings (SSSR count). The van der Waals surface area contributed by atoms with Gasteiger partial charge >= 0.3 is 0 Å². The Labute approximate surface area is 102 Å². The lowest BCUT2D eigenvalue weighted by Crippen LogP contribution is -2.35. The molecule has 1 aliphatic heterocycles. The van der Waals surface area contributed by atoms with E-state index in [1.54, 1.807) is 0 Å². The molecule has 4 nitrogen and oxygen atoms in total. The van der Waals surface area contributed by atoms with Gasteiger partial charge in [0.2, 0.25) is 0 Å². The van der Waals surface area contributed by atoms with E-state index in [-0.39, 0.29) is 0 Å². The number of nitrogens with zero attached hydrogens (tertiary/aromatic N) is 3. The van der Waals surface area contributed by atoms with Crippen LogP contribution in [0.25, 0.3) is 0 Å². The molecular weight excluding hydrogens is 212 g/mol. The molecule has 1 saturated heterocycles. The molecule has 1 N–H and O–H groups in total. The summed E-state index contributed by atoms with van der Waals surface area (Å²) in [4.78, 5) is 4.32. The van der Waals surface area contributed by atoms with Gasteiger partial charge in [-0.1, -0.05) is 6.42 Å². The van der Waals surface area contributed by atoms with E-state index in [2.05, 4.69) is 21.5 Å². The molecule has 0 radical (unpaired) electrons. The molecule has 0 unspecified atom stereocenters. The van der Waals surface area contributed by atoms with Crippen molar-refractivity contribution in [2.45, 2.75) is 33.1 Å². The van der Waals surface area contributed by atoms with Gasteiger partial charge in [-0.05, 0) is 32.8 Å². The molecule has 0 atom stereocenters. The predicted octanol–water partition coefficient (Wildman–Crippen LogP) is 2.38. The topological polar surface area (TPSA) is 52.0 Å². The average molecular weight is 230 g/mol. The van der Waals surface area contributed by atoms with Crippen molar-refractivity contribution in [1.82, 2.24) is 9.99 Å². The van der Waals surface area contributed by atoms with E-state index in [1.165, 1.54) is 19.3 Å². The maximum Gasteiger partial charge on any atom is 0.103 e. The fraction of sp³-hybridized carbons (Fsp3) is 0.538. The summed E-state index contributed by atoms with van der Waals surface area (Å²) in [6.45, 7) is 5.93. The van der Waals surface area contributed by atoms with Crippen LogP contribution in [0.5, 0.6) is 0 Å². The lowest BCUT2D eigenvalue weighted by atomic mass is 10.1. The standard InChI is InChI=1S/C13H18N4/c1-10-8-13(12(9-14)11(2)15-10)16-17-6-4-3-5-7-17/h8H,3-7H2,1-2H3,(H,15,16). The Kier molecular flexibility index (Phi) is 3.60. The maximum absolute atomic E-state index is 9.17. The number of hydrogen-bond donors (Lipinski definition) is 1. The first-order valence-electron chi connectivity index (χ1n) is 6.10. The van der Waals surface area contributed by atoms with Crippen LogP contribution in [0.15, 0.2) is 6.07 Å². The van der Waals surface area contributed by atoms with Gasteiger partial charge in [-0.2, -0.15) is 5.26 Å². The van der Waals surface area contributed by atoms with Gasteiger partial charge in [0.1, 0.15) is 6.07 Å². The number of nitrogens with one attached hydrogen (secondary N) is 1. The van der Waals surface area contributed by atoms with Crippen molar-refractivity contribution >= 4 is 5.69 Å². The monoisotopic (exact) mass is 230 g/mol. The van der Waals surface area contributed by atoms with Crippen molar-refractivity contribution in [3.8, 4) is 6.07 Å². The molecule has 1 aromatic rings. The van der Waals surface area contributed by atoms with Gasteiger partial charge in [0, 0.05) is 18.8 Å². The molecule has 17 heavy (non-hydrogen) atoms. The van der Waals surface area contributed by atoms with E-state index >= 15 is 0 Å². The Morgan fingerprint density at radius 3 is 2.65 bits per heavy atom. The number of rotatable bonds is 2. The number of nitriles is 1. The number of piperidine rings is 1. The van der Waals surface area contributed by atoms with Crippen molar-refractivity contribution in [3.05, 3.63) is 23.0 Å². The Balaban J connectivity index is 2.22. The van der Waals surface area contributed by atoms with Crippen LogP contribution >= 0.6 is 0 Å². The largest absolute Gasteiger partial charge is 0.317 e. The summed E-state index contributed by atoms with van der Waals surface area (Å²) < 4.78 is 0. The molecule has 0 amide bonds. The maximum atomic E-state index is 9.17. The zero-order chi connectivity index (χ0) is 12.3. The number of aromatic nitrogens is 1. The SMILES string of the molecule is Cc1cc(NN2CCCCC2)c(C#N)c(C)n1. The Hall–Kier alpha value is -1.60. The minimum Gasteiger partial charge on any atom is -0.317 e. The van der Waals surface area contributed by atoms with Crippen LogP contribution in [-0.2, 0) is 0 Å². The van der Waals surface area contributed by atoms with E-state index in [9.17, 15) is 5.26 Å². The van der Waals surface area contributed by atoms with Crippen molar-refractivity contribution in [2.24, 2.45) is 0 Å². The van der Waals surface area contributed by atoms with E-state index in [0.29, 0.717) is 5.56 Å². The molecule has 2 heterocycles. The van der Waals surface area contributed by atoms with Gasteiger partial charge in [-0.25, -0.2) is 5.01 Å². The van der Waals surface area contributed by atoms with E-state index in [4.69, 9.17) is 0 Å². The van der Waals surface area contributed by atoms with E-state index in [1.807, 2.05) is 19.9 Å². The minimum absolute atomic E-state index is 0.654. The van der Waals surface area contributed by atoms with Crippen molar-refractivity contribution < 1.29 is 0 Å². The highest BCUT2D eigenvalue weighted by Gasteiger charge is 2.13. The highest BCUT2D eigenvalue weighted by atomic mass is 15.5. The number of hydrogen-bond acceptors (Lipinski definition) is 4. The quantitative estimate of drug-likeness (QED) is 0.847. The lowest BCUT2D eigenvalue weighted by Gasteiger charge is -2.28. The zero-order valence-corrected chi connectivity index (χ0v) is 10.5. The summed E-state index contributed by atoms with van der Waals surface area (Å²) in [5.74, 6) is 0. The molecule has 1 fully saturated rings. The molecule has 1 aromatic heterocycles. The van der Waals surface area contributed by atoms with Gasteiger partial charge < -0.3 is 5.43 Å². The van der Waals surface area contributed by atoms with Crippen LogP contribution in [0.4, 0.5) is 5.69 Å². The summed E-state index contributed by atoms with van der Waals surface area (Å²) in [6, 6.07) is 4.17. The van der Waals surface area contributed by atoms with Gasteiger partial charge in [-0.3, -0.25) is 4.98 Å². The number of hydrazine groups is 1. The van der Waals surface area contributed by atoms with Crippen molar-refractivity contribution in [3.63, 3.8) is 0 Å². The van der Waals surface area contributed by atoms with Crippen LogP contribution in [0.2, 0.25) is 0 Å². The second-order valence-electron chi connectivity index (χ2n) is 4.54. The summed E-state index contributed by atoms with van der Waals surface area (Å²) >= 11 is 0. The second kappa shape index (κ2) is 5.15. The third-order valence-electron chi connectivity index (χ3n) is 3.07. The highest BCUT2D eigenvalue weighted by Crippen LogP contribution is 2.20. The smallest absolute Gasteiger partial charge is 0.103 e. The summed E-state index contributed by atoms with van der Waals surface area (Å²) in [7, 11) is 0. The number of aryl methyl sites for hydroxylation is 2. The second-order valence-corrected chi connectivity index (χ2v) is 4.54. The van der Waals surface area contributed by atoms with Gasteiger partial charge in [0.05, 0.1) is 16.9 Å². The van der Waals surface area contributed by atoms with Gasteiger partial charge in [0.15, 0.2) is 0 Å². The molecule has 1 aliphatic rings.